The lowest BCUT2D eigenvalue weighted by molar-refractivity contribution is 0.305. The lowest BCUT2D eigenvalue weighted by Crippen LogP contribution is -2.05. The summed E-state index contributed by atoms with van der Waals surface area (Å²) >= 11 is 6.16. The molecule has 0 amide bonds. The highest BCUT2D eigenvalue weighted by atomic mass is 35.5. The summed E-state index contributed by atoms with van der Waals surface area (Å²) < 4.78 is 7.41. The second-order valence-electron chi connectivity index (χ2n) is 4.63. The van der Waals surface area contributed by atoms with Gasteiger partial charge in [0, 0.05) is 18.7 Å². The van der Waals surface area contributed by atoms with E-state index < -0.39 is 0 Å². The number of rotatable bonds is 4. The molecule has 102 valence electrons. The summed E-state index contributed by atoms with van der Waals surface area (Å²) in [4.78, 5) is 0. The molecule has 5 heteroatoms. The third kappa shape index (κ3) is 3.08. The van der Waals surface area contributed by atoms with Crippen LogP contribution in [-0.2, 0) is 13.7 Å². The Labute approximate surface area is 118 Å². The number of hydrogen-bond donors (Lipinski definition) is 1. The van der Waals surface area contributed by atoms with Gasteiger partial charge in [-0.1, -0.05) is 23.7 Å². The molecule has 0 aliphatic rings. The van der Waals surface area contributed by atoms with Gasteiger partial charge in [-0.3, -0.25) is 4.68 Å². The predicted molar refractivity (Wildman–Crippen MR) is 76.3 cm³/mol. The van der Waals surface area contributed by atoms with Crippen molar-refractivity contribution in [3.8, 4) is 5.75 Å². The molecule has 0 aliphatic carbocycles. The van der Waals surface area contributed by atoms with Gasteiger partial charge in [0.25, 0.3) is 0 Å². The van der Waals surface area contributed by atoms with Crippen LogP contribution in [0.3, 0.4) is 0 Å². The second-order valence-corrected chi connectivity index (χ2v) is 4.99. The van der Waals surface area contributed by atoms with Gasteiger partial charge in [0.2, 0.25) is 0 Å². The fraction of sp³-hybridized carbons (Fsp3) is 0.357. The van der Waals surface area contributed by atoms with E-state index in [2.05, 4.69) is 5.10 Å². The largest absolute Gasteiger partial charge is 0.489 e. The molecule has 0 fully saturated rings. The van der Waals surface area contributed by atoms with E-state index in [-0.39, 0.29) is 6.04 Å². The first kappa shape index (κ1) is 13.9. The fourth-order valence-electron chi connectivity index (χ4n) is 1.88. The lowest BCUT2D eigenvalue weighted by atomic mass is 10.1. The van der Waals surface area contributed by atoms with E-state index in [0.717, 1.165) is 22.6 Å². The van der Waals surface area contributed by atoms with Gasteiger partial charge in [-0.2, -0.15) is 5.10 Å². The van der Waals surface area contributed by atoms with Crippen molar-refractivity contribution in [3.05, 3.63) is 46.2 Å². The molecule has 0 saturated heterocycles. The number of nitrogens with two attached hydrogens (primary N) is 1. The minimum atomic E-state index is -0.00716. The number of aryl methyl sites for hydroxylation is 2. The maximum absolute atomic E-state index is 6.16. The third-order valence-electron chi connectivity index (χ3n) is 3.04. The van der Waals surface area contributed by atoms with Crippen LogP contribution in [0.5, 0.6) is 5.75 Å². The molecule has 4 nitrogen and oxygen atoms in total. The van der Waals surface area contributed by atoms with Gasteiger partial charge in [0.15, 0.2) is 0 Å². The summed E-state index contributed by atoms with van der Waals surface area (Å²) in [6, 6.07) is 7.77. The molecule has 1 aromatic heterocycles. The zero-order valence-electron chi connectivity index (χ0n) is 11.4. The molecule has 2 aromatic rings. The fourth-order valence-corrected chi connectivity index (χ4v) is 2.11. The third-order valence-corrected chi connectivity index (χ3v) is 3.51. The second kappa shape index (κ2) is 5.63. The van der Waals surface area contributed by atoms with Crippen LogP contribution >= 0.6 is 11.6 Å². The molecular weight excluding hydrogens is 262 g/mol. The number of halogens is 1. The highest BCUT2D eigenvalue weighted by molar-refractivity contribution is 6.30. The van der Waals surface area contributed by atoms with E-state index >= 15 is 0 Å². The van der Waals surface area contributed by atoms with E-state index in [4.69, 9.17) is 22.1 Å². The van der Waals surface area contributed by atoms with Crippen molar-refractivity contribution in [2.45, 2.75) is 26.5 Å². The number of nitrogens with zero attached hydrogens (tertiary/aromatic N) is 2. The summed E-state index contributed by atoms with van der Waals surface area (Å²) in [5.74, 6) is 0.786. The van der Waals surface area contributed by atoms with Crippen LogP contribution < -0.4 is 10.5 Å². The number of aromatic nitrogens is 2. The topological polar surface area (TPSA) is 53.1 Å². The van der Waals surface area contributed by atoms with E-state index in [0.29, 0.717) is 11.8 Å². The summed E-state index contributed by atoms with van der Waals surface area (Å²) in [6.45, 7) is 4.27. The maximum atomic E-state index is 6.16. The van der Waals surface area contributed by atoms with Crippen molar-refractivity contribution in [2.75, 3.05) is 0 Å². The monoisotopic (exact) mass is 279 g/mol. The van der Waals surface area contributed by atoms with Crippen LogP contribution in [0.4, 0.5) is 0 Å². The number of hydrogen-bond acceptors (Lipinski definition) is 3. The molecule has 0 bridgehead atoms. The molecule has 19 heavy (non-hydrogen) atoms. The molecule has 2 N–H and O–H groups in total. The van der Waals surface area contributed by atoms with Crippen LogP contribution in [0, 0.1) is 6.92 Å². The summed E-state index contributed by atoms with van der Waals surface area (Å²) in [5, 5.41) is 4.87. The molecule has 0 radical (unpaired) electrons. The first-order chi connectivity index (χ1) is 8.99. The molecule has 0 aliphatic heterocycles. The summed E-state index contributed by atoms with van der Waals surface area (Å²) in [7, 11) is 1.82. The van der Waals surface area contributed by atoms with Crippen LogP contribution in [0.15, 0.2) is 24.3 Å². The normalized spacial score (nSPS) is 12.5. The van der Waals surface area contributed by atoms with Crippen LogP contribution in [0.25, 0.3) is 0 Å². The van der Waals surface area contributed by atoms with Crippen molar-refractivity contribution in [2.24, 2.45) is 12.8 Å². The highest BCUT2D eigenvalue weighted by Crippen LogP contribution is 2.22. The first-order valence-corrected chi connectivity index (χ1v) is 6.53. The summed E-state index contributed by atoms with van der Waals surface area (Å²) in [6.07, 6.45) is 0. The van der Waals surface area contributed by atoms with Gasteiger partial charge in [-0.25, -0.2) is 0 Å². The van der Waals surface area contributed by atoms with Crippen molar-refractivity contribution in [1.82, 2.24) is 9.78 Å². The van der Waals surface area contributed by atoms with E-state index in [9.17, 15) is 0 Å². The van der Waals surface area contributed by atoms with Gasteiger partial charge in [0.05, 0.1) is 5.69 Å². The molecule has 0 saturated carbocycles. The maximum Gasteiger partial charge on any atom is 0.133 e. The van der Waals surface area contributed by atoms with E-state index in [1.807, 2.05) is 45.2 Å². The Hall–Kier alpha value is -1.52. The van der Waals surface area contributed by atoms with Crippen molar-refractivity contribution < 1.29 is 4.74 Å². The molecular formula is C14H18ClN3O. The molecule has 1 aromatic carbocycles. The van der Waals surface area contributed by atoms with E-state index in [1.54, 1.807) is 4.68 Å². The van der Waals surface area contributed by atoms with Gasteiger partial charge in [0.1, 0.15) is 17.5 Å². The summed E-state index contributed by atoms with van der Waals surface area (Å²) in [5.41, 5.74) is 8.70. The minimum absolute atomic E-state index is 0.00716. The number of benzene rings is 1. The predicted octanol–water partition coefficient (Wildman–Crippen LogP) is 2.98. The van der Waals surface area contributed by atoms with Crippen LogP contribution in [0.2, 0.25) is 5.15 Å². The minimum Gasteiger partial charge on any atom is -0.489 e. The Kier molecular flexibility index (Phi) is 4.12. The molecule has 2 rings (SSSR count). The highest BCUT2D eigenvalue weighted by Gasteiger charge is 2.12. The van der Waals surface area contributed by atoms with Crippen LogP contribution in [-0.4, -0.2) is 9.78 Å². The van der Waals surface area contributed by atoms with E-state index in [1.165, 1.54) is 0 Å². The zero-order valence-corrected chi connectivity index (χ0v) is 12.1. The SMILES string of the molecule is Cc1nn(C)c(Cl)c1COc1cccc(C(C)N)c1. The molecule has 1 atom stereocenters. The average molecular weight is 280 g/mol. The van der Waals surface area contributed by atoms with Gasteiger partial charge in [-0.05, 0) is 31.5 Å². The average Bonchev–Trinajstić information content (AvgIpc) is 2.61. The molecule has 0 spiro atoms. The molecule has 1 unspecified atom stereocenters. The van der Waals surface area contributed by atoms with Gasteiger partial charge >= 0.3 is 0 Å². The molecule has 1 heterocycles. The van der Waals surface area contributed by atoms with Crippen molar-refractivity contribution in [1.29, 1.82) is 0 Å². The van der Waals surface area contributed by atoms with Crippen molar-refractivity contribution in [3.63, 3.8) is 0 Å². The Bertz CT molecular complexity index is 578. The van der Waals surface area contributed by atoms with Crippen molar-refractivity contribution >= 4 is 11.6 Å². The lowest BCUT2D eigenvalue weighted by Gasteiger charge is -2.10. The van der Waals surface area contributed by atoms with Gasteiger partial charge in [-0.15, -0.1) is 0 Å². The Balaban J connectivity index is 2.12. The first-order valence-electron chi connectivity index (χ1n) is 6.15. The van der Waals surface area contributed by atoms with Gasteiger partial charge < -0.3 is 10.5 Å². The number of ether oxygens (including phenoxy) is 1. The zero-order chi connectivity index (χ0) is 14.0. The Morgan fingerprint density at radius 3 is 2.79 bits per heavy atom. The quantitative estimate of drug-likeness (QED) is 0.936. The Morgan fingerprint density at radius 1 is 1.47 bits per heavy atom. The van der Waals surface area contributed by atoms with Crippen LogP contribution in [0.1, 0.15) is 29.8 Å². The smallest absolute Gasteiger partial charge is 0.133 e. The standard InChI is InChI=1S/C14H18ClN3O/c1-9(16)11-5-4-6-12(7-11)19-8-13-10(2)17-18(3)14(13)15/h4-7,9H,8,16H2,1-3H3. The Morgan fingerprint density at radius 2 is 2.21 bits per heavy atom.